The summed E-state index contributed by atoms with van der Waals surface area (Å²) in [5.41, 5.74) is 6.22. The van der Waals surface area contributed by atoms with Gasteiger partial charge >= 0.3 is 0 Å². The third-order valence-electron chi connectivity index (χ3n) is 9.42. The van der Waals surface area contributed by atoms with E-state index in [0.29, 0.717) is 52.5 Å². The van der Waals surface area contributed by atoms with E-state index in [1.54, 1.807) is 0 Å². The number of aromatic amines is 2. The second kappa shape index (κ2) is 12.5. The molecule has 1 fully saturated rings. The Hall–Kier alpha value is -5.42. The van der Waals surface area contributed by atoms with Gasteiger partial charge in [-0.05, 0) is 6.07 Å². The number of H-pyrrole nitrogens is 2. The molecule has 0 aliphatic carbocycles. The Morgan fingerprint density at radius 1 is 0.520 bits per heavy atom. The summed E-state index contributed by atoms with van der Waals surface area (Å²) >= 11 is 0. The summed E-state index contributed by atoms with van der Waals surface area (Å²) in [6.07, 6.45) is 0. The molecular formula is C38H30N10OZn. The van der Waals surface area contributed by atoms with Crippen LogP contribution in [0.15, 0.2) is 91.0 Å². The van der Waals surface area contributed by atoms with Gasteiger partial charge in [0, 0.05) is 90.6 Å². The number of fused-ring (bicyclic) bond motifs is 20. The minimum absolute atomic E-state index is 0. The molecule has 6 heterocycles. The summed E-state index contributed by atoms with van der Waals surface area (Å²) in [6, 6.07) is 30.3. The van der Waals surface area contributed by atoms with Gasteiger partial charge in [-0.3, -0.25) is 4.90 Å². The van der Waals surface area contributed by atoms with Crippen molar-refractivity contribution in [2.75, 3.05) is 39.3 Å². The van der Waals surface area contributed by atoms with Gasteiger partial charge in [-0.25, -0.2) is 29.9 Å². The Labute approximate surface area is 299 Å². The minimum Gasteiger partial charge on any atom is -0.491 e. The van der Waals surface area contributed by atoms with Crippen LogP contribution in [0, 0.1) is 0 Å². The summed E-state index contributed by atoms with van der Waals surface area (Å²) < 4.78 is 6.49. The average molecular weight is 708 g/mol. The van der Waals surface area contributed by atoms with Gasteiger partial charge in [-0.15, -0.1) is 0 Å². The molecule has 8 bridgehead atoms. The topological polar surface area (TPSA) is 133 Å². The summed E-state index contributed by atoms with van der Waals surface area (Å²) in [4.78, 5) is 39.9. The van der Waals surface area contributed by atoms with Gasteiger partial charge in [-0.2, -0.15) is 0 Å². The predicted octanol–water partition coefficient (Wildman–Crippen LogP) is 6.15. The predicted molar refractivity (Wildman–Crippen MR) is 191 cm³/mol. The first-order chi connectivity index (χ1) is 24.3. The van der Waals surface area contributed by atoms with Gasteiger partial charge in [0.2, 0.25) is 0 Å². The molecule has 12 heteroatoms. The van der Waals surface area contributed by atoms with Gasteiger partial charge in [0.1, 0.15) is 34.9 Å². The Kier molecular flexibility index (Phi) is 7.64. The van der Waals surface area contributed by atoms with E-state index in [2.05, 4.69) is 20.2 Å². The first-order valence-electron chi connectivity index (χ1n) is 16.6. The van der Waals surface area contributed by atoms with Crippen molar-refractivity contribution in [1.82, 2.24) is 50.1 Å². The fourth-order valence-electron chi connectivity index (χ4n) is 7.00. The Morgan fingerprint density at radius 3 is 1.54 bits per heavy atom. The zero-order valence-corrected chi connectivity index (χ0v) is 30.1. The second-order valence-electron chi connectivity index (χ2n) is 12.4. The standard InChI is InChI=1S/C38H30N10O.Zn/c1-2-9-23-22(8-1)31-40-32(23)42-34-26-12-5-6-13-27(26)36(44-34)46-38-30-28(14-7-15-29(30)49-21-20-48-18-16-39-17-19-48)37(47-38)45-35-25-11-4-3-10-24(25)33(41-31)43-35;/h1-15,39H,16-21H2,(H2,40,41,42,43,44,45,46,47);. The zero-order valence-electron chi connectivity index (χ0n) is 27.1. The van der Waals surface area contributed by atoms with Crippen molar-refractivity contribution in [3.63, 3.8) is 0 Å². The van der Waals surface area contributed by atoms with E-state index in [0.717, 1.165) is 82.3 Å². The van der Waals surface area contributed by atoms with Crippen LogP contribution in [0.1, 0.15) is 0 Å². The normalized spacial score (nSPS) is 13.9. The summed E-state index contributed by atoms with van der Waals surface area (Å²) in [5, 5.41) is 7.03. The van der Waals surface area contributed by atoms with Crippen molar-refractivity contribution < 1.29 is 24.2 Å². The first-order valence-corrected chi connectivity index (χ1v) is 16.6. The molecule has 0 atom stereocenters. The Morgan fingerprint density at radius 2 is 0.980 bits per heavy atom. The number of aromatic nitrogens is 8. The van der Waals surface area contributed by atoms with Crippen LogP contribution in [-0.4, -0.2) is 84.1 Å². The van der Waals surface area contributed by atoms with E-state index in [9.17, 15) is 0 Å². The third-order valence-corrected chi connectivity index (χ3v) is 9.42. The second-order valence-corrected chi connectivity index (χ2v) is 12.4. The number of hydrogen-bond donors (Lipinski definition) is 3. The van der Waals surface area contributed by atoms with E-state index >= 15 is 0 Å². The fraction of sp³-hybridized carbons (Fsp3) is 0.158. The van der Waals surface area contributed by atoms with E-state index in [1.807, 2.05) is 91.0 Å². The Bertz CT molecular complexity index is 2600. The van der Waals surface area contributed by atoms with Crippen molar-refractivity contribution in [1.29, 1.82) is 0 Å². The van der Waals surface area contributed by atoms with Gasteiger partial charge in [0.25, 0.3) is 0 Å². The zero-order chi connectivity index (χ0) is 32.3. The SMILES string of the molecule is [Zn].c1ccc2c(c1)-c1nc-2nc2[nH]c(nc3nc(nc4[nH]c(n1)c1ccccc41)-c1ccccc1-3)c1c(OCCN3CCNCC3)cccc21. The van der Waals surface area contributed by atoms with Crippen molar-refractivity contribution in [3.05, 3.63) is 91.0 Å². The quantitative estimate of drug-likeness (QED) is 0.184. The number of piperazine rings is 1. The number of benzene rings is 4. The number of hydrogen-bond acceptors (Lipinski definition) is 9. The molecule has 3 aliphatic rings. The maximum Gasteiger partial charge on any atom is 0.164 e. The summed E-state index contributed by atoms with van der Waals surface area (Å²) in [5.74, 6) is 3.03. The molecule has 7 aromatic rings. The maximum absolute atomic E-state index is 6.49. The number of ether oxygens (including phenoxy) is 1. The van der Waals surface area contributed by atoms with Crippen LogP contribution in [0.3, 0.4) is 0 Å². The molecule has 0 radical (unpaired) electrons. The first kappa shape index (κ1) is 30.6. The molecule has 4 aromatic carbocycles. The van der Waals surface area contributed by atoms with E-state index in [4.69, 9.17) is 34.6 Å². The van der Waals surface area contributed by atoms with Crippen LogP contribution in [0.5, 0.6) is 5.75 Å². The monoisotopic (exact) mass is 706 g/mol. The molecule has 0 saturated carbocycles. The Balaban J connectivity index is 0.00000336. The van der Waals surface area contributed by atoms with Crippen LogP contribution in [-0.2, 0) is 19.5 Å². The molecule has 0 amide bonds. The van der Waals surface area contributed by atoms with E-state index in [-0.39, 0.29) is 19.5 Å². The van der Waals surface area contributed by atoms with Crippen LogP contribution in [0.2, 0.25) is 0 Å². The molecule has 3 N–H and O–H groups in total. The molecule has 10 rings (SSSR count). The molecule has 240 valence electrons. The molecular weight excluding hydrogens is 678 g/mol. The average Bonchev–Trinajstić information content (AvgIpc) is 3.88. The molecule has 3 aliphatic heterocycles. The molecule has 0 spiro atoms. The molecule has 3 aromatic heterocycles. The van der Waals surface area contributed by atoms with Crippen molar-refractivity contribution in [2.45, 2.75) is 0 Å². The van der Waals surface area contributed by atoms with Gasteiger partial charge < -0.3 is 20.0 Å². The molecule has 50 heavy (non-hydrogen) atoms. The fourth-order valence-corrected chi connectivity index (χ4v) is 7.00. The maximum atomic E-state index is 6.49. The minimum atomic E-state index is 0. The third kappa shape index (κ3) is 5.15. The number of nitrogens with one attached hydrogen (secondary N) is 3. The summed E-state index contributed by atoms with van der Waals surface area (Å²) in [7, 11) is 0. The molecule has 11 nitrogen and oxygen atoms in total. The summed E-state index contributed by atoms with van der Waals surface area (Å²) in [6.45, 7) is 5.42. The van der Waals surface area contributed by atoms with E-state index in [1.165, 1.54) is 0 Å². The van der Waals surface area contributed by atoms with Crippen molar-refractivity contribution >= 4 is 44.1 Å². The van der Waals surface area contributed by atoms with Crippen LogP contribution in [0.25, 0.3) is 89.7 Å². The van der Waals surface area contributed by atoms with Crippen molar-refractivity contribution in [2.24, 2.45) is 0 Å². The van der Waals surface area contributed by atoms with Crippen molar-refractivity contribution in [3.8, 4) is 51.3 Å². The largest absolute Gasteiger partial charge is 0.491 e. The van der Waals surface area contributed by atoms with E-state index < -0.39 is 0 Å². The number of rotatable bonds is 4. The van der Waals surface area contributed by atoms with Gasteiger partial charge in [-0.1, -0.05) is 84.9 Å². The van der Waals surface area contributed by atoms with Crippen LogP contribution < -0.4 is 10.1 Å². The van der Waals surface area contributed by atoms with Crippen LogP contribution in [0.4, 0.5) is 0 Å². The number of nitrogens with zero attached hydrogens (tertiary/aromatic N) is 7. The van der Waals surface area contributed by atoms with Gasteiger partial charge in [0.15, 0.2) is 23.3 Å². The molecule has 1 saturated heterocycles. The van der Waals surface area contributed by atoms with Gasteiger partial charge in [0.05, 0.1) is 5.39 Å². The smallest absolute Gasteiger partial charge is 0.164 e. The van der Waals surface area contributed by atoms with Crippen LogP contribution >= 0.6 is 0 Å². The molecule has 0 unspecified atom stereocenters.